The van der Waals surface area contributed by atoms with Crippen LogP contribution in [0.15, 0.2) is 394 Å². The van der Waals surface area contributed by atoms with E-state index >= 15 is 0 Å². The third kappa shape index (κ3) is 17.7. The van der Waals surface area contributed by atoms with Gasteiger partial charge in [-0.05, 0) is 260 Å². The Labute approximate surface area is 676 Å². The number of fused-ring (bicyclic) bond motifs is 1. The molecule has 0 N–H and O–H groups in total. The Morgan fingerprint density at radius 3 is 0.542 bits per heavy atom. The summed E-state index contributed by atoms with van der Waals surface area (Å²) in [6.07, 6.45) is 0. The Balaban J connectivity index is 0.000000127. The van der Waals surface area contributed by atoms with E-state index in [1.807, 2.05) is 103 Å². The lowest BCUT2D eigenvalue weighted by atomic mass is 9.96. The fraction of sp³-hybridized carbons (Fsp3) is 0. The zero-order valence-electron chi connectivity index (χ0n) is 62.8. The third-order valence-corrected chi connectivity index (χ3v) is 19.8. The van der Waals surface area contributed by atoms with Gasteiger partial charge in [-0.3, -0.25) is 0 Å². The highest BCUT2D eigenvalue weighted by Crippen LogP contribution is 2.37. The van der Waals surface area contributed by atoms with Crippen molar-refractivity contribution >= 4 is 10.8 Å². The average Bonchev–Trinajstić information content (AvgIpc) is 0.802. The standard InChI is InChI=1S/C37H23F2N3.2C33H21F2N3/c38-33-17-13-25(14-18-33)35-40-36(26-15-19-34(39)20-16-26)42-37(41-35)32-10-4-9-30(23-32)28-7-3-8-29(22-28)31-12-11-24-5-1-2-6-27(24)21-31;34-29-16-12-23(13-17-29)31-36-32(24-14-18-30(35)19-15-24)38-33(37-31)28-11-5-10-27(21-28)26-9-4-8-25(20-26)22-6-2-1-3-7-22;34-29-17-13-25(14-18-29)31-36-32(26-15-19-30(35)20-16-26)38-33(37-31)28-8-4-7-27(21-28)24-11-9-23(10-12-24)22-5-2-1-3-6-22/h1-23H;2*1-21H. The molecule has 0 radical (unpaired) electrons. The molecule has 0 unspecified atom stereocenters. The smallest absolute Gasteiger partial charge is 0.164 e. The lowest BCUT2D eigenvalue weighted by molar-refractivity contribution is 0.627. The second-order valence-electron chi connectivity index (χ2n) is 27.7. The van der Waals surface area contributed by atoms with Crippen molar-refractivity contribution in [3.05, 3.63) is 429 Å². The number of rotatable bonds is 15. The van der Waals surface area contributed by atoms with Gasteiger partial charge in [-0.2, -0.15) is 0 Å². The molecule has 564 valence electrons. The van der Waals surface area contributed by atoms with Gasteiger partial charge in [0.2, 0.25) is 0 Å². The van der Waals surface area contributed by atoms with Crippen LogP contribution < -0.4 is 0 Å². The molecule has 0 saturated carbocycles. The highest BCUT2D eigenvalue weighted by Gasteiger charge is 2.19. The highest BCUT2D eigenvalue weighted by atomic mass is 19.1. The van der Waals surface area contributed by atoms with Gasteiger partial charge in [0.05, 0.1) is 0 Å². The van der Waals surface area contributed by atoms with E-state index in [1.54, 1.807) is 72.8 Å². The molecular weight excluding hydrogens is 1480 g/mol. The molecule has 19 rings (SSSR count). The van der Waals surface area contributed by atoms with E-state index in [1.165, 1.54) is 89.1 Å². The largest absolute Gasteiger partial charge is 0.208 e. The summed E-state index contributed by atoms with van der Waals surface area (Å²) in [4.78, 5) is 42.3. The lowest BCUT2D eigenvalue weighted by Gasteiger charge is -2.11. The van der Waals surface area contributed by atoms with Gasteiger partial charge in [0.15, 0.2) is 52.4 Å². The molecule has 0 fully saturated rings. The van der Waals surface area contributed by atoms with Gasteiger partial charge in [-0.15, -0.1) is 0 Å². The summed E-state index contributed by atoms with van der Waals surface area (Å²) >= 11 is 0. The number of aromatic nitrogens is 9. The molecule has 19 aromatic rings. The summed E-state index contributed by atoms with van der Waals surface area (Å²) in [6.45, 7) is 0. The van der Waals surface area contributed by atoms with Crippen LogP contribution in [0, 0.1) is 34.9 Å². The molecule has 16 aromatic carbocycles. The van der Waals surface area contributed by atoms with Crippen molar-refractivity contribution in [2.24, 2.45) is 0 Å². The molecule has 9 nitrogen and oxygen atoms in total. The molecule has 0 bridgehead atoms. The maximum absolute atomic E-state index is 13.7. The molecule has 3 heterocycles. The first-order valence-corrected chi connectivity index (χ1v) is 37.9. The van der Waals surface area contributed by atoms with Crippen molar-refractivity contribution in [2.45, 2.75) is 0 Å². The Hall–Kier alpha value is -15.6. The van der Waals surface area contributed by atoms with Crippen LogP contribution in [0.3, 0.4) is 0 Å². The van der Waals surface area contributed by atoms with Gasteiger partial charge in [0.25, 0.3) is 0 Å². The van der Waals surface area contributed by atoms with E-state index in [4.69, 9.17) is 29.9 Å². The SMILES string of the molecule is Fc1ccc(-c2nc(-c3ccc(F)cc3)nc(-c3cccc(-c4ccc(-c5ccccc5)cc4)c3)n2)cc1.Fc1ccc(-c2nc(-c3ccc(F)cc3)nc(-c3cccc(-c4cccc(-c5ccc6ccccc6c5)c4)c3)n2)cc1.Fc1ccc(-c2nc(-c3ccc(F)cc3)nc(-c3cccc(-c4cccc(-c5ccccc5)c4)c3)n2)cc1. The maximum atomic E-state index is 13.7. The van der Waals surface area contributed by atoms with Gasteiger partial charge in [0, 0.05) is 50.1 Å². The van der Waals surface area contributed by atoms with Gasteiger partial charge >= 0.3 is 0 Å². The maximum Gasteiger partial charge on any atom is 0.164 e. The molecule has 0 spiro atoms. The minimum absolute atomic E-state index is 0.340. The lowest BCUT2D eigenvalue weighted by Crippen LogP contribution is -2.00. The highest BCUT2D eigenvalue weighted by molar-refractivity contribution is 5.89. The second-order valence-corrected chi connectivity index (χ2v) is 27.7. The van der Waals surface area contributed by atoms with Gasteiger partial charge in [-0.25, -0.2) is 71.2 Å². The monoisotopic (exact) mass is 1540 g/mol. The average molecular weight is 1540 g/mol. The van der Waals surface area contributed by atoms with E-state index in [2.05, 4.69) is 161 Å². The molecule has 0 saturated heterocycles. The molecule has 3 aromatic heterocycles. The van der Waals surface area contributed by atoms with Crippen molar-refractivity contribution in [3.8, 4) is 169 Å². The van der Waals surface area contributed by atoms with Crippen LogP contribution in [-0.4, -0.2) is 44.9 Å². The molecule has 0 atom stereocenters. The molecule has 0 aliphatic carbocycles. The van der Waals surface area contributed by atoms with E-state index < -0.39 is 0 Å². The topological polar surface area (TPSA) is 116 Å². The summed E-state index contributed by atoms with van der Waals surface area (Å²) in [5.74, 6) is 1.81. The number of hydrogen-bond donors (Lipinski definition) is 0. The van der Waals surface area contributed by atoms with E-state index in [-0.39, 0.29) is 34.9 Å². The number of nitrogens with zero attached hydrogens (tertiary/aromatic N) is 9. The fourth-order valence-corrected chi connectivity index (χ4v) is 13.6. The molecule has 15 heteroatoms. The molecule has 0 amide bonds. The fourth-order valence-electron chi connectivity index (χ4n) is 13.6. The van der Waals surface area contributed by atoms with Crippen LogP contribution in [0.4, 0.5) is 26.3 Å². The van der Waals surface area contributed by atoms with Crippen LogP contribution in [0.5, 0.6) is 0 Å². The predicted octanol–water partition coefficient (Wildman–Crippen LogP) is 26.6. The molecule has 0 aliphatic heterocycles. The summed E-state index contributed by atoms with van der Waals surface area (Å²) in [5.41, 5.74) is 19.5. The van der Waals surface area contributed by atoms with Crippen LogP contribution in [0.2, 0.25) is 0 Å². The van der Waals surface area contributed by atoms with Gasteiger partial charge in [-0.1, -0.05) is 212 Å². The predicted molar refractivity (Wildman–Crippen MR) is 458 cm³/mol. The molecule has 118 heavy (non-hydrogen) atoms. The zero-order chi connectivity index (χ0) is 80.3. The Kier molecular flexibility index (Phi) is 21.9. The van der Waals surface area contributed by atoms with Crippen molar-refractivity contribution in [1.29, 1.82) is 0 Å². The first-order chi connectivity index (χ1) is 57.8. The van der Waals surface area contributed by atoms with Crippen molar-refractivity contribution < 1.29 is 26.3 Å². The third-order valence-electron chi connectivity index (χ3n) is 19.8. The van der Waals surface area contributed by atoms with E-state index in [9.17, 15) is 26.3 Å². The Morgan fingerprint density at radius 1 is 0.110 bits per heavy atom. The van der Waals surface area contributed by atoms with Crippen molar-refractivity contribution in [1.82, 2.24) is 44.9 Å². The molecular formula is C103H65F6N9. The summed E-state index contributed by atoms with van der Waals surface area (Å²) < 4.78 is 81.6. The minimum Gasteiger partial charge on any atom is -0.208 e. The van der Waals surface area contributed by atoms with Gasteiger partial charge < -0.3 is 0 Å². The van der Waals surface area contributed by atoms with Gasteiger partial charge in [0.1, 0.15) is 34.9 Å². The first-order valence-electron chi connectivity index (χ1n) is 37.9. The molecule has 0 aliphatic rings. The van der Waals surface area contributed by atoms with Crippen LogP contribution in [-0.2, 0) is 0 Å². The number of halogens is 6. The van der Waals surface area contributed by atoms with E-state index in [0.717, 1.165) is 77.9 Å². The summed E-state index contributed by atoms with van der Waals surface area (Å²) in [5, 5.41) is 2.41. The number of hydrogen-bond acceptors (Lipinski definition) is 9. The van der Waals surface area contributed by atoms with E-state index in [0.29, 0.717) is 85.8 Å². The van der Waals surface area contributed by atoms with Crippen LogP contribution >= 0.6 is 0 Å². The number of benzene rings is 16. The summed E-state index contributed by atoms with van der Waals surface area (Å²) in [7, 11) is 0. The quantitative estimate of drug-likeness (QED) is 0.0925. The Bertz CT molecular complexity index is 6580. The summed E-state index contributed by atoms with van der Waals surface area (Å²) in [6, 6.07) is 121. The van der Waals surface area contributed by atoms with Crippen molar-refractivity contribution in [2.75, 3.05) is 0 Å². The zero-order valence-corrected chi connectivity index (χ0v) is 62.8. The second kappa shape index (κ2) is 34.4. The van der Waals surface area contributed by atoms with Crippen LogP contribution in [0.25, 0.3) is 180 Å². The normalized spacial score (nSPS) is 11.0. The first kappa shape index (κ1) is 75.1. The Morgan fingerprint density at radius 2 is 0.271 bits per heavy atom. The minimum atomic E-state index is -0.342. The van der Waals surface area contributed by atoms with Crippen LogP contribution in [0.1, 0.15) is 0 Å². The van der Waals surface area contributed by atoms with Crippen molar-refractivity contribution in [3.63, 3.8) is 0 Å².